The van der Waals surface area contributed by atoms with E-state index in [1.807, 2.05) is 84.9 Å². The number of para-hydroxylation sites is 2. The van der Waals surface area contributed by atoms with Crippen LogP contribution in [0.3, 0.4) is 0 Å². The van der Waals surface area contributed by atoms with Crippen LogP contribution in [0.15, 0.2) is 84.9 Å². The van der Waals surface area contributed by atoms with Crippen molar-refractivity contribution in [3.05, 3.63) is 96.1 Å². The normalized spacial score (nSPS) is 10.6. The number of ether oxygens (including phenoxy) is 1. The summed E-state index contributed by atoms with van der Waals surface area (Å²) in [5.74, 6) is 0.789. The van der Waals surface area contributed by atoms with Crippen molar-refractivity contribution < 1.29 is 9.53 Å². The first kappa shape index (κ1) is 18.7. The SMILES string of the molecule is CN(CCOc1ccccc1)Cc1ccc(C(=O)Nc2ccccc2)cc1. The molecule has 1 amide bonds. The summed E-state index contributed by atoms with van der Waals surface area (Å²) in [5, 5.41) is 2.90. The molecule has 3 rings (SSSR count). The van der Waals surface area contributed by atoms with Crippen LogP contribution < -0.4 is 10.1 Å². The van der Waals surface area contributed by atoms with Gasteiger partial charge in [0.25, 0.3) is 5.91 Å². The van der Waals surface area contributed by atoms with Gasteiger partial charge in [0.05, 0.1) is 0 Å². The molecule has 0 saturated heterocycles. The van der Waals surface area contributed by atoms with Crippen molar-refractivity contribution in [3.8, 4) is 5.75 Å². The number of carbonyl (C=O) groups excluding carboxylic acids is 1. The largest absolute Gasteiger partial charge is 0.492 e. The molecule has 0 unspecified atom stereocenters. The molecule has 0 aromatic heterocycles. The van der Waals surface area contributed by atoms with Crippen molar-refractivity contribution >= 4 is 11.6 Å². The zero-order chi connectivity index (χ0) is 18.9. The minimum absolute atomic E-state index is 0.0997. The van der Waals surface area contributed by atoms with Crippen LogP contribution in [0.1, 0.15) is 15.9 Å². The fourth-order valence-electron chi connectivity index (χ4n) is 2.71. The molecule has 0 saturated carbocycles. The molecule has 3 aromatic carbocycles. The van der Waals surface area contributed by atoms with Gasteiger partial charge < -0.3 is 10.1 Å². The lowest BCUT2D eigenvalue weighted by Crippen LogP contribution is -2.24. The predicted octanol–water partition coefficient (Wildman–Crippen LogP) is 4.45. The average Bonchev–Trinajstić information content (AvgIpc) is 2.70. The number of hydrogen-bond acceptors (Lipinski definition) is 3. The Morgan fingerprint density at radius 3 is 2.19 bits per heavy atom. The van der Waals surface area contributed by atoms with Crippen LogP contribution >= 0.6 is 0 Å². The Bertz CT molecular complexity index is 833. The van der Waals surface area contributed by atoms with Crippen LogP contribution in [0.2, 0.25) is 0 Å². The van der Waals surface area contributed by atoms with Crippen molar-refractivity contribution in [3.63, 3.8) is 0 Å². The molecule has 0 heterocycles. The van der Waals surface area contributed by atoms with E-state index in [4.69, 9.17) is 4.74 Å². The Morgan fingerprint density at radius 1 is 0.889 bits per heavy atom. The van der Waals surface area contributed by atoms with Gasteiger partial charge in [0.1, 0.15) is 12.4 Å². The lowest BCUT2D eigenvalue weighted by atomic mass is 10.1. The molecular weight excluding hydrogens is 336 g/mol. The van der Waals surface area contributed by atoms with E-state index in [1.165, 1.54) is 0 Å². The summed E-state index contributed by atoms with van der Waals surface area (Å²) in [6.07, 6.45) is 0. The second kappa shape index (κ2) is 9.55. The van der Waals surface area contributed by atoms with Gasteiger partial charge in [-0.05, 0) is 49.0 Å². The monoisotopic (exact) mass is 360 g/mol. The first-order valence-electron chi connectivity index (χ1n) is 9.02. The second-order valence-electron chi connectivity index (χ2n) is 6.42. The summed E-state index contributed by atoms with van der Waals surface area (Å²) in [7, 11) is 2.06. The van der Waals surface area contributed by atoms with Gasteiger partial charge in [0.15, 0.2) is 0 Å². The van der Waals surface area contributed by atoms with Gasteiger partial charge in [-0.15, -0.1) is 0 Å². The number of rotatable bonds is 8. The van der Waals surface area contributed by atoms with Crippen LogP contribution in [0, 0.1) is 0 Å². The summed E-state index contributed by atoms with van der Waals surface area (Å²) in [5.41, 5.74) is 2.61. The zero-order valence-corrected chi connectivity index (χ0v) is 15.5. The van der Waals surface area contributed by atoms with Gasteiger partial charge in [0.2, 0.25) is 0 Å². The first-order valence-corrected chi connectivity index (χ1v) is 9.02. The van der Waals surface area contributed by atoms with Crippen LogP contribution in [0.5, 0.6) is 5.75 Å². The van der Waals surface area contributed by atoms with Crippen molar-refractivity contribution in [1.29, 1.82) is 0 Å². The molecule has 4 heteroatoms. The number of anilines is 1. The Kier molecular flexibility index (Phi) is 6.61. The molecule has 0 aliphatic carbocycles. The quantitative estimate of drug-likeness (QED) is 0.645. The lowest BCUT2D eigenvalue weighted by Gasteiger charge is -2.17. The molecule has 4 nitrogen and oxygen atoms in total. The smallest absolute Gasteiger partial charge is 0.255 e. The van der Waals surface area contributed by atoms with Gasteiger partial charge in [-0.3, -0.25) is 9.69 Å². The molecule has 0 fully saturated rings. The standard InChI is InChI=1S/C23H24N2O2/c1-25(16-17-27-22-10-6-3-7-11-22)18-19-12-14-20(15-13-19)23(26)24-21-8-4-2-5-9-21/h2-15H,16-18H2,1H3,(H,24,26). The number of nitrogens with zero attached hydrogens (tertiary/aromatic N) is 1. The highest BCUT2D eigenvalue weighted by molar-refractivity contribution is 6.04. The Morgan fingerprint density at radius 2 is 1.52 bits per heavy atom. The lowest BCUT2D eigenvalue weighted by molar-refractivity contribution is 0.102. The number of hydrogen-bond donors (Lipinski definition) is 1. The highest BCUT2D eigenvalue weighted by Crippen LogP contribution is 2.12. The fraction of sp³-hybridized carbons (Fsp3) is 0.174. The van der Waals surface area contributed by atoms with E-state index in [9.17, 15) is 4.79 Å². The molecule has 0 atom stereocenters. The molecule has 27 heavy (non-hydrogen) atoms. The third kappa shape index (κ3) is 5.97. The van der Waals surface area contributed by atoms with Crippen LogP contribution in [0.4, 0.5) is 5.69 Å². The van der Waals surface area contributed by atoms with Crippen LogP contribution in [0.25, 0.3) is 0 Å². The fourth-order valence-corrected chi connectivity index (χ4v) is 2.71. The van der Waals surface area contributed by atoms with E-state index in [0.717, 1.165) is 30.1 Å². The van der Waals surface area contributed by atoms with E-state index in [0.29, 0.717) is 12.2 Å². The minimum Gasteiger partial charge on any atom is -0.492 e. The first-order chi connectivity index (χ1) is 13.2. The Balaban J connectivity index is 1.46. The second-order valence-corrected chi connectivity index (χ2v) is 6.42. The van der Waals surface area contributed by atoms with Gasteiger partial charge in [0, 0.05) is 24.3 Å². The predicted molar refractivity (Wildman–Crippen MR) is 109 cm³/mol. The molecule has 0 spiro atoms. The third-order valence-electron chi connectivity index (χ3n) is 4.19. The molecule has 0 radical (unpaired) electrons. The molecule has 0 aliphatic rings. The minimum atomic E-state index is -0.0997. The summed E-state index contributed by atoms with van der Waals surface area (Å²) >= 11 is 0. The van der Waals surface area contributed by atoms with Crippen LogP contribution in [-0.2, 0) is 6.54 Å². The van der Waals surface area contributed by atoms with Crippen molar-refractivity contribution in [2.45, 2.75) is 6.54 Å². The highest BCUT2D eigenvalue weighted by Gasteiger charge is 2.07. The van der Waals surface area contributed by atoms with Crippen molar-refractivity contribution in [1.82, 2.24) is 4.90 Å². The van der Waals surface area contributed by atoms with E-state index < -0.39 is 0 Å². The van der Waals surface area contributed by atoms with Crippen LogP contribution in [-0.4, -0.2) is 31.0 Å². The van der Waals surface area contributed by atoms with Gasteiger partial charge >= 0.3 is 0 Å². The summed E-state index contributed by atoms with van der Waals surface area (Å²) in [6, 6.07) is 27.0. The Labute approximate surface area is 160 Å². The van der Waals surface area contributed by atoms with Gasteiger partial charge in [-0.2, -0.15) is 0 Å². The Hall–Kier alpha value is -3.11. The molecule has 3 aromatic rings. The van der Waals surface area contributed by atoms with Gasteiger partial charge in [-0.25, -0.2) is 0 Å². The van der Waals surface area contributed by atoms with Gasteiger partial charge in [-0.1, -0.05) is 48.5 Å². The summed E-state index contributed by atoms with van der Waals surface area (Å²) in [4.78, 5) is 14.5. The maximum Gasteiger partial charge on any atom is 0.255 e. The van der Waals surface area contributed by atoms with Crippen molar-refractivity contribution in [2.24, 2.45) is 0 Å². The third-order valence-corrected chi connectivity index (χ3v) is 4.19. The number of nitrogens with one attached hydrogen (secondary N) is 1. The topological polar surface area (TPSA) is 41.6 Å². The molecule has 138 valence electrons. The number of carbonyl (C=O) groups is 1. The molecule has 1 N–H and O–H groups in total. The molecule has 0 bridgehead atoms. The number of likely N-dealkylation sites (N-methyl/N-ethyl adjacent to an activating group) is 1. The van der Waals surface area contributed by atoms with E-state index >= 15 is 0 Å². The van der Waals surface area contributed by atoms with E-state index in [2.05, 4.69) is 17.3 Å². The highest BCUT2D eigenvalue weighted by atomic mass is 16.5. The average molecular weight is 360 g/mol. The maximum absolute atomic E-state index is 12.3. The molecule has 0 aliphatic heterocycles. The summed E-state index contributed by atoms with van der Waals surface area (Å²) < 4.78 is 5.73. The maximum atomic E-state index is 12.3. The number of amides is 1. The molecular formula is C23H24N2O2. The van der Waals surface area contributed by atoms with Crippen molar-refractivity contribution in [2.75, 3.05) is 25.5 Å². The zero-order valence-electron chi connectivity index (χ0n) is 15.5. The van der Waals surface area contributed by atoms with E-state index in [-0.39, 0.29) is 5.91 Å². The summed E-state index contributed by atoms with van der Waals surface area (Å²) in [6.45, 7) is 2.27. The number of benzene rings is 3. The van der Waals surface area contributed by atoms with E-state index in [1.54, 1.807) is 0 Å².